The Morgan fingerprint density at radius 3 is 2.46 bits per heavy atom. The highest BCUT2D eigenvalue weighted by atomic mass is 35.5. The number of anilines is 1. The Balaban J connectivity index is 1.81. The van der Waals surface area contributed by atoms with Crippen LogP contribution in [0, 0.1) is 13.8 Å². The van der Waals surface area contributed by atoms with E-state index in [9.17, 15) is 9.59 Å². The monoisotopic (exact) mass is 508 g/mol. The highest BCUT2D eigenvalue weighted by molar-refractivity contribution is 6.42. The van der Waals surface area contributed by atoms with E-state index in [4.69, 9.17) is 28.2 Å². The predicted octanol–water partition coefficient (Wildman–Crippen LogP) is 6.92. The summed E-state index contributed by atoms with van der Waals surface area (Å²) < 4.78 is 1.61. The smallest absolute Gasteiger partial charge is 0.315 e. The van der Waals surface area contributed by atoms with Crippen molar-refractivity contribution in [3.8, 4) is 5.69 Å². The normalized spacial score (nSPS) is 11.9. The first-order chi connectivity index (χ1) is 16.7. The molecule has 1 N–H and O–H groups in total. The van der Waals surface area contributed by atoms with Crippen LogP contribution in [0.3, 0.4) is 0 Å². The molecule has 0 saturated carbocycles. The first-order valence-electron chi connectivity index (χ1n) is 11.3. The van der Waals surface area contributed by atoms with Crippen LogP contribution in [-0.4, -0.2) is 27.0 Å². The minimum absolute atomic E-state index is 0.179. The van der Waals surface area contributed by atoms with E-state index in [1.165, 1.54) is 0 Å². The third-order valence-corrected chi connectivity index (χ3v) is 6.90. The molecule has 180 valence electrons. The number of benzene rings is 3. The summed E-state index contributed by atoms with van der Waals surface area (Å²) in [6, 6.07) is 17.2. The second-order valence-corrected chi connectivity index (χ2v) is 9.23. The molecule has 4 rings (SSSR count). The number of rotatable bonds is 5. The van der Waals surface area contributed by atoms with Gasteiger partial charge >= 0.3 is 6.03 Å². The lowest BCUT2D eigenvalue weighted by Gasteiger charge is -2.29. The fraction of sp³-hybridized carbons (Fsp3) is 0.222. The SMILES string of the molecule is CCN(C(=O)Nc1ccc(Cl)c(Cl)c1)C(C)c1nc2ccccc2c(=O)n1-c1ccc(C)c(C)c1. The van der Waals surface area contributed by atoms with E-state index >= 15 is 0 Å². The zero-order valence-electron chi connectivity index (χ0n) is 20.0. The van der Waals surface area contributed by atoms with Gasteiger partial charge in [-0.2, -0.15) is 0 Å². The molecule has 0 spiro atoms. The van der Waals surface area contributed by atoms with Crippen molar-refractivity contribution in [3.05, 3.63) is 98.0 Å². The summed E-state index contributed by atoms with van der Waals surface area (Å²) in [4.78, 5) is 33.4. The van der Waals surface area contributed by atoms with Crippen LogP contribution >= 0.6 is 23.2 Å². The molecule has 0 bridgehead atoms. The highest BCUT2D eigenvalue weighted by Crippen LogP contribution is 2.27. The summed E-state index contributed by atoms with van der Waals surface area (Å²) >= 11 is 12.1. The molecule has 3 aromatic carbocycles. The van der Waals surface area contributed by atoms with Crippen LogP contribution < -0.4 is 10.9 Å². The number of hydrogen-bond donors (Lipinski definition) is 1. The number of nitrogens with one attached hydrogen (secondary N) is 1. The van der Waals surface area contributed by atoms with Gasteiger partial charge in [-0.1, -0.05) is 41.4 Å². The number of nitrogens with zero attached hydrogens (tertiary/aromatic N) is 3. The average molecular weight is 509 g/mol. The van der Waals surface area contributed by atoms with Gasteiger partial charge in [0.25, 0.3) is 5.56 Å². The van der Waals surface area contributed by atoms with Crippen LogP contribution in [0.25, 0.3) is 16.6 Å². The van der Waals surface area contributed by atoms with Crippen LogP contribution in [0.5, 0.6) is 0 Å². The van der Waals surface area contributed by atoms with Crippen LogP contribution in [0.4, 0.5) is 10.5 Å². The summed E-state index contributed by atoms with van der Waals surface area (Å²) in [5, 5.41) is 4.14. The van der Waals surface area contributed by atoms with Crippen molar-refractivity contribution < 1.29 is 4.79 Å². The van der Waals surface area contributed by atoms with Crippen molar-refractivity contribution in [1.82, 2.24) is 14.5 Å². The number of carbonyl (C=O) groups is 1. The van der Waals surface area contributed by atoms with E-state index in [1.807, 2.05) is 64.1 Å². The van der Waals surface area contributed by atoms with E-state index in [1.54, 1.807) is 33.7 Å². The third-order valence-electron chi connectivity index (χ3n) is 6.16. The van der Waals surface area contributed by atoms with Crippen LogP contribution in [0.2, 0.25) is 10.0 Å². The quantitative estimate of drug-likeness (QED) is 0.318. The van der Waals surface area contributed by atoms with Gasteiger partial charge < -0.3 is 10.2 Å². The summed E-state index contributed by atoms with van der Waals surface area (Å²) in [5.41, 5.74) is 3.82. The van der Waals surface area contributed by atoms with E-state index in [0.29, 0.717) is 44.7 Å². The Kier molecular flexibility index (Phi) is 7.15. The zero-order valence-corrected chi connectivity index (χ0v) is 21.5. The van der Waals surface area contributed by atoms with Crippen LogP contribution in [-0.2, 0) is 0 Å². The number of hydrogen-bond acceptors (Lipinski definition) is 3. The van der Waals surface area contributed by atoms with Gasteiger partial charge in [0, 0.05) is 12.2 Å². The van der Waals surface area contributed by atoms with Gasteiger partial charge in [0.15, 0.2) is 0 Å². The van der Waals surface area contributed by atoms with Crippen molar-refractivity contribution >= 4 is 45.8 Å². The number of fused-ring (bicyclic) bond motifs is 1. The molecule has 0 radical (unpaired) electrons. The molecule has 1 aromatic heterocycles. The maximum Gasteiger partial charge on any atom is 0.322 e. The molecule has 0 aliphatic heterocycles. The standard InChI is InChI=1S/C27H26Cl2N4O2/c1-5-32(27(35)30-19-11-13-22(28)23(29)15-19)18(4)25-31-24-9-7-6-8-21(24)26(34)33(25)20-12-10-16(2)17(3)14-20/h6-15,18H,5H2,1-4H3,(H,30,35). The molecule has 0 fully saturated rings. The second kappa shape index (κ2) is 10.1. The van der Waals surface area contributed by atoms with Crippen LogP contribution in [0.1, 0.15) is 36.8 Å². The van der Waals surface area contributed by atoms with E-state index in [2.05, 4.69) is 5.32 Å². The van der Waals surface area contributed by atoms with Crippen LogP contribution in [0.15, 0.2) is 65.5 Å². The van der Waals surface area contributed by atoms with Gasteiger partial charge in [0.2, 0.25) is 0 Å². The minimum Gasteiger partial charge on any atom is -0.315 e. The number of carbonyl (C=O) groups excluding carboxylic acids is 1. The molecular formula is C27H26Cl2N4O2. The molecular weight excluding hydrogens is 483 g/mol. The van der Waals surface area contributed by atoms with Crippen molar-refractivity contribution in [2.75, 3.05) is 11.9 Å². The van der Waals surface area contributed by atoms with Gasteiger partial charge in [-0.05, 0) is 81.3 Å². The predicted molar refractivity (Wildman–Crippen MR) is 143 cm³/mol. The molecule has 0 aliphatic carbocycles. The largest absolute Gasteiger partial charge is 0.322 e. The number of aromatic nitrogens is 2. The van der Waals surface area contributed by atoms with Gasteiger partial charge in [-0.25, -0.2) is 9.78 Å². The Hall–Kier alpha value is -3.35. The molecule has 1 atom stereocenters. The van der Waals surface area contributed by atoms with E-state index < -0.39 is 6.04 Å². The number of halogens is 2. The number of para-hydroxylation sites is 1. The summed E-state index contributed by atoms with van der Waals surface area (Å²) in [6.07, 6.45) is 0. The van der Waals surface area contributed by atoms with Gasteiger partial charge in [-0.15, -0.1) is 0 Å². The minimum atomic E-state index is -0.512. The van der Waals surface area contributed by atoms with E-state index in [-0.39, 0.29) is 11.6 Å². The molecule has 1 unspecified atom stereocenters. The molecule has 1 heterocycles. The molecule has 0 aliphatic rings. The van der Waals surface area contributed by atoms with Crippen molar-refractivity contribution in [3.63, 3.8) is 0 Å². The maximum atomic E-state index is 13.7. The molecule has 8 heteroatoms. The molecule has 2 amide bonds. The third kappa shape index (κ3) is 4.90. The number of amides is 2. The molecule has 4 aromatic rings. The molecule has 0 saturated heterocycles. The second-order valence-electron chi connectivity index (χ2n) is 8.42. The average Bonchev–Trinajstić information content (AvgIpc) is 2.83. The lowest BCUT2D eigenvalue weighted by molar-refractivity contribution is 0.193. The fourth-order valence-electron chi connectivity index (χ4n) is 4.05. The number of urea groups is 1. The number of aryl methyl sites for hydroxylation is 2. The molecule has 6 nitrogen and oxygen atoms in total. The zero-order chi connectivity index (χ0) is 25.3. The van der Waals surface area contributed by atoms with Crippen molar-refractivity contribution in [2.24, 2.45) is 0 Å². The lowest BCUT2D eigenvalue weighted by atomic mass is 10.1. The summed E-state index contributed by atoms with van der Waals surface area (Å²) in [7, 11) is 0. The maximum absolute atomic E-state index is 13.7. The van der Waals surface area contributed by atoms with Gasteiger partial charge in [0.1, 0.15) is 5.82 Å². The first kappa shape index (κ1) is 24.8. The Morgan fingerprint density at radius 1 is 1.03 bits per heavy atom. The summed E-state index contributed by atoms with van der Waals surface area (Å²) in [5.74, 6) is 0.475. The Bertz CT molecular complexity index is 1480. The fourth-order valence-corrected chi connectivity index (χ4v) is 4.34. The van der Waals surface area contributed by atoms with E-state index in [0.717, 1.165) is 11.1 Å². The topological polar surface area (TPSA) is 67.2 Å². The van der Waals surface area contributed by atoms with Gasteiger partial charge in [0.05, 0.1) is 32.7 Å². The van der Waals surface area contributed by atoms with Crippen molar-refractivity contribution in [1.29, 1.82) is 0 Å². The highest BCUT2D eigenvalue weighted by Gasteiger charge is 2.26. The first-order valence-corrected chi connectivity index (χ1v) is 12.1. The molecule has 35 heavy (non-hydrogen) atoms. The Labute approximate surface area is 214 Å². The lowest BCUT2D eigenvalue weighted by Crippen LogP contribution is -2.39. The van der Waals surface area contributed by atoms with Gasteiger partial charge in [-0.3, -0.25) is 9.36 Å². The van der Waals surface area contributed by atoms with Crippen molar-refractivity contribution in [2.45, 2.75) is 33.7 Å². The Morgan fingerprint density at radius 2 is 1.77 bits per heavy atom. The summed E-state index contributed by atoms with van der Waals surface area (Å²) in [6.45, 7) is 8.17.